The van der Waals surface area contributed by atoms with E-state index in [1.807, 2.05) is 42.5 Å². The average Bonchev–Trinajstić information content (AvgIpc) is 2.45. The molecule has 0 aliphatic rings. The number of ketones is 1. The van der Waals surface area contributed by atoms with Gasteiger partial charge in [0.2, 0.25) is 0 Å². The van der Waals surface area contributed by atoms with E-state index >= 15 is 0 Å². The van der Waals surface area contributed by atoms with Gasteiger partial charge in [0.05, 0.1) is 0 Å². The van der Waals surface area contributed by atoms with Gasteiger partial charge in [-0.15, -0.1) is 0 Å². The highest BCUT2D eigenvalue weighted by molar-refractivity contribution is 5.93. The van der Waals surface area contributed by atoms with Crippen molar-refractivity contribution in [3.63, 3.8) is 0 Å². The van der Waals surface area contributed by atoms with Crippen LogP contribution in [0.25, 0.3) is 0 Å². The van der Waals surface area contributed by atoms with E-state index in [2.05, 4.69) is 19.9 Å². The van der Waals surface area contributed by atoms with E-state index in [4.69, 9.17) is 4.74 Å². The molecule has 20 heavy (non-hydrogen) atoms. The third-order valence-electron chi connectivity index (χ3n) is 3.30. The lowest BCUT2D eigenvalue weighted by Gasteiger charge is -2.13. The molecule has 0 saturated heterocycles. The van der Waals surface area contributed by atoms with Crippen molar-refractivity contribution < 1.29 is 9.53 Å². The summed E-state index contributed by atoms with van der Waals surface area (Å²) >= 11 is 0. The molecule has 0 radical (unpaired) electrons. The maximum Gasteiger partial charge on any atom is 0.159 e. The first-order chi connectivity index (χ1) is 9.58. The molecule has 2 rings (SSSR count). The topological polar surface area (TPSA) is 26.3 Å². The molecule has 0 spiro atoms. The fourth-order valence-corrected chi connectivity index (χ4v) is 2.09. The van der Waals surface area contributed by atoms with Gasteiger partial charge in [0.15, 0.2) is 5.78 Å². The lowest BCUT2D eigenvalue weighted by molar-refractivity contribution is 0.101. The van der Waals surface area contributed by atoms with Crippen LogP contribution in [0.4, 0.5) is 0 Å². The maximum absolute atomic E-state index is 11.2. The van der Waals surface area contributed by atoms with Crippen LogP contribution < -0.4 is 4.74 Å². The molecule has 0 amide bonds. The van der Waals surface area contributed by atoms with Crippen molar-refractivity contribution in [3.8, 4) is 5.75 Å². The number of rotatable bonds is 5. The Morgan fingerprint density at radius 1 is 1.05 bits per heavy atom. The Morgan fingerprint density at radius 3 is 2.30 bits per heavy atom. The number of carbonyl (C=O) groups is 1. The van der Waals surface area contributed by atoms with Crippen LogP contribution in [0.15, 0.2) is 48.5 Å². The molecular formula is C18H20O2. The molecule has 0 fully saturated rings. The van der Waals surface area contributed by atoms with Crippen molar-refractivity contribution in [2.45, 2.75) is 33.3 Å². The van der Waals surface area contributed by atoms with E-state index in [0.29, 0.717) is 12.5 Å². The van der Waals surface area contributed by atoms with Crippen molar-refractivity contribution in [1.82, 2.24) is 0 Å². The largest absolute Gasteiger partial charge is 0.489 e. The van der Waals surface area contributed by atoms with Gasteiger partial charge in [0.1, 0.15) is 12.4 Å². The number of hydrogen-bond donors (Lipinski definition) is 0. The Morgan fingerprint density at radius 2 is 1.70 bits per heavy atom. The van der Waals surface area contributed by atoms with Crippen molar-refractivity contribution in [3.05, 3.63) is 65.2 Å². The SMILES string of the molecule is CC(=O)c1ccc(COc2ccccc2C(C)C)cc1. The first-order valence-corrected chi connectivity index (χ1v) is 6.89. The van der Waals surface area contributed by atoms with Crippen LogP contribution in [0.3, 0.4) is 0 Å². The first-order valence-electron chi connectivity index (χ1n) is 6.89. The molecule has 0 saturated carbocycles. The van der Waals surface area contributed by atoms with Gasteiger partial charge in [-0.2, -0.15) is 0 Å². The van der Waals surface area contributed by atoms with Crippen molar-refractivity contribution in [1.29, 1.82) is 0 Å². The molecule has 0 aliphatic heterocycles. The smallest absolute Gasteiger partial charge is 0.159 e. The Bertz CT molecular complexity index is 583. The quantitative estimate of drug-likeness (QED) is 0.741. The fourth-order valence-electron chi connectivity index (χ4n) is 2.09. The summed E-state index contributed by atoms with van der Waals surface area (Å²) in [5.74, 6) is 1.45. The van der Waals surface area contributed by atoms with E-state index in [9.17, 15) is 4.79 Å². The Hall–Kier alpha value is -2.09. The molecule has 0 atom stereocenters. The number of benzene rings is 2. The maximum atomic E-state index is 11.2. The van der Waals surface area contributed by atoms with Crippen LogP contribution in [-0.4, -0.2) is 5.78 Å². The number of hydrogen-bond acceptors (Lipinski definition) is 2. The molecule has 0 aromatic heterocycles. The summed E-state index contributed by atoms with van der Waals surface area (Å²) in [6, 6.07) is 15.7. The van der Waals surface area contributed by atoms with Crippen LogP contribution in [0.5, 0.6) is 5.75 Å². The van der Waals surface area contributed by atoms with Crippen LogP contribution >= 0.6 is 0 Å². The Kier molecular flexibility index (Phi) is 4.57. The normalized spacial score (nSPS) is 10.6. The molecule has 2 aromatic rings. The predicted octanol–water partition coefficient (Wildman–Crippen LogP) is 4.59. The molecule has 0 heterocycles. The minimum Gasteiger partial charge on any atom is -0.489 e. The summed E-state index contributed by atoms with van der Waals surface area (Å²) in [7, 11) is 0. The summed E-state index contributed by atoms with van der Waals surface area (Å²) in [6.45, 7) is 6.40. The van der Waals surface area contributed by atoms with Crippen molar-refractivity contribution in [2.75, 3.05) is 0 Å². The predicted molar refractivity (Wildman–Crippen MR) is 81.3 cm³/mol. The van der Waals surface area contributed by atoms with E-state index in [1.54, 1.807) is 6.92 Å². The van der Waals surface area contributed by atoms with Gasteiger partial charge in [-0.1, -0.05) is 56.3 Å². The molecular weight excluding hydrogens is 248 g/mol. The first kappa shape index (κ1) is 14.3. The van der Waals surface area contributed by atoms with E-state index in [0.717, 1.165) is 16.9 Å². The van der Waals surface area contributed by atoms with Crippen molar-refractivity contribution >= 4 is 5.78 Å². The second-order valence-corrected chi connectivity index (χ2v) is 5.23. The molecule has 0 unspecified atom stereocenters. The molecule has 0 bridgehead atoms. The zero-order valence-electron chi connectivity index (χ0n) is 12.2. The number of Topliss-reactive ketones (excluding diaryl/α,β-unsaturated/α-hetero) is 1. The summed E-state index contributed by atoms with van der Waals surface area (Å²) in [5, 5.41) is 0. The van der Waals surface area contributed by atoms with Crippen LogP contribution in [0.1, 0.15) is 48.2 Å². The minimum absolute atomic E-state index is 0.0858. The number of ether oxygens (including phenoxy) is 1. The molecule has 0 N–H and O–H groups in total. The van der Waals surface area contributed by atoms with Gasteiger partial charge in [-0.25, -0.2) is 0 Å². The molecule has 2 nitrogen and oxygen atoms in total. The highest BCUT2D eigenvalue weighted by atomic mass is 16.5. The van der Waals surface area contributed by atoms with Gasteiger partial charge in [-0.05, 0) is 30.0 Å². The van der Waals surface area contributed by atoms with Gasteiger partial charge in [0, 0.05) is 5.56 Å². The van der Waals surface area contributed by atoms with Crippen molar-refractivity contribution in [2.24, 2.45) is 0 Å². The molecule has 2 heteroatoms. The summed E-state index contributed by atoms with van der Waals surface area (Å²) in [6.07, 6.45) is 0. The minimum atomic E-state index is 0.0858. The van der Waals surface area contributed by atoms with Gasteiger partial charge in [-0.3, -0.25) is 4.79 Å². The van der Waals surface area contributed by atoms with Gasteiger partial charge >= 0.3 is 0 Å². The highest BCUT2D eigenvalue weighted by Gasteiger charge is 2.07. The van der Waals surface area contributed by atoms with E-state index < -0.39 is 0 Å². The lowest BCUT2D eigenvalue weighted by atomic mass is 10.0. The summed E-state index contributed by atoms with van der Waals surface area (Å²) < 4.78 is 5.90. The Labute approximate surface area is 120 Å². The second kappa shape index (κ2) is 6.38. The number of carbonyl (C=O) groups excluding carboxylic acids is 1. The highest BCUT2D eigenvalue weighted by Crippen LogP contribution is 2.26. The molecule has 0 aliphatic carbocycles. The van der Waals surface area contributed by atoms with Crippen LogP contribution in [0, 0.1) is 0 Å². The Balaban J connectivity index is 2.07. The van der Waals surface area contributed by atoms with Crippen LogP contribution in [-0.2, 0) is 6.61 Å². The monoisotopic (exact) mass is 268 g/mol. The van der Waals surface area contributed by atoms with E-state index in [1.165, 1.54) is 5.56 Å². The third kappa shape index (κ3) is 3.47. The zero-order valence-corrected chi connectivity index (χ0v) is 12.2. The molecule has 2 aromatic carbocycles. The summed E-state index contributed by atoms with van der Waals surface area (Å²) in [4.78, 5) is 11.2. The number of para-hydroxylation sites is 1. The summed E-state index contributed by atoms with van der Waals surface area (Å²) in [5.41, 5.74) is 3.01. The van der Waals surface area contributed by atoms with Crippen LogP contribution in [0.2, 0.25) is 0 Å². The van der Waals surface area contributed by atoms with Gasteiger partial charge in [0.25, 0.3) is 0 Å². The third-order valence-corrected chi connectivity index (χ3v) is 3.30. The lowest BCUT2D eigenvalue weighted by Crippen LogP contribution is -2.00. The molecule has 104 valence electrons. The average molecular weight is 268 g/mol. The zero-order chi connectivity index (χ0) is 14.5. The van der Waals surface area contributed by atoms with Gasteiger partial charge < -0.3 is 4.74 Å². The fraction of sp³-hybridized carbons (Fsp3) is 0.278. The van der Waals surface area contributed by atoms with E-state index in [-0.39, 0.29) is 5.78 Å². The standard InChI is InChI=1S/C18H20O2/c1-13(2)17-6-4-5-7-18(17)20-12-15-8-10-16(11-9-15)14(3)19/h4-11,13H,12H2,1-3H3. The second-order valence-electron chi connectivity index (χ2n) is 5.23.